The summed E-state index contributed by atoms with van der Waals surface area (Å²) in [6, 6.07) is 8.61. The first-order valence-corrected chi connectivity index (χ1v) is 10.0. The Morgan fingerprint density at radius 2 is 1.90 bits per heavy atom. The number of hydrogen-bond acceptors (Lipinski definition) is 4. The molecule has 0 bridgehead atoms. The summed E-state index contributed by atoms with van der Waals surface area (Å²) >= 11 is 1.23. The summed E-state index contributed by atoms with van der Waals surface area (Å²) in [7, 11) is 0. The number of nitrogens with one attached hydrogen (secondary N) is 1. The molecule has 29 heavy (non-hydrogen) atoms. The summed E-state index contributed by atoms with van der Waals surface area (Å²) in [5.41, 5.74) is 0.965. The van der Waals surface area contributed by atoms with Gasteiger partial charge >= 0.3 is 12.1 Å². The largest absolute Gasteiger partial charge is 0.471 e. The number of allylic oxidation sites excluding steroid dienone is 1. The molecule has 152 valence electrons. The Labute approximate surface area is 170 Å². The van der Waals surface area contributed by atoms with Crippen LogP contribution >= 0.6 is 11.3 Å². The van der Waals surface area contributed by atoms with Crippen LogP contribution in [0.15, 0.2) is 53.0 Å². The lowest BCUT2D eigenvalue weighted by Gasteiger charge is -2.36. The molecule has 0 saturated carbocycles. The first-order chi connectivity index (χ1) is 13.6. The number of rotatable bonds is 1. The zero-order valence-electron chi connectivity index (χ0n) is 15.8. The predicted molar refractivity (Wildman–Crippen MR) is 106 cm³/mol. The van der Waals surface area contributed by atoms with Gasteiger partial charge in [-0.1, -0.05) is 32.0 Å². The fourth-order valence-electron chi connectivity index (χ4n) is 4.06. The van der Waals surface area contributed by atoms with Crippen molar-refractivity contribution in [3.63, 3.8) is 0 Å². The molecular formula is C21H19F3N2O2S. The van der Waals surface area contributed by atoms with Crippen molar-refractivity contribution >= 4 is 34.4 Å². The van der Waals surface area contributed by atoms with Gasteiger partial charge in [0.25, 0.3) is 0 Å². The van der Waals surface area contributed by atoms with E-state index in [9.17, 15) is 22.8 Å². The number of anilines is 2. The average molecular weight is 420 g/mol. The number of para-hydroxylation sites is 2. The molecule has 0 fully saturated rings. The molecule has 1 aromatic carbocycles. The summed E-state index contributed by atoms with van der Waals surface area (Å²) in [6.45, 7) is 3.90. The zero-order valence-corrected chi connectivity index (χ0v) is 16.7. The van der Waals surface area contributed by atoms with Crippen LogP contribution in [0.2, 0.25) is 0 Å². The molecule has 0 radical (unpaired) electrons. The molecule has 1 N–H and O–H groups in total. The molecular weight excluding hydrogens is 401 g/mol. The molecule has 1 aromatic heterocycles. The molecule has 0 saturated heterocycles. The minimum absolute atomic E-state index is 0.105. The summed E-state index contributed by atoms with van der Waals surface area (Å²) < 4.78 is 40.8. The number of carbonyl (C=O) groups excluding carboxylic acids is 2. The van der Waals surface area contributed by atoms with Crippen molar-refractivity contribution in [1.29, 1.82) is 0 Å². The third-order valence-corrected chi connectivity index (χ3v) is 6.10. The number of carbonyl (C=O) groups is 2. The number of ketones is 1. The average Bonchev–Trinajstić information content (AvgIpc) is 3.09. The van der Waals surface area contributed by atoms with Crippen LogP contribution in [0, 0.1) is 5.41 Å². The summed E-state index contributed by atoms with van der Waals surface area (Å²) in [5.74, 6) is -2.23. The van der Waals surface area contributed by atoms with Crippen LogP contribution in [-0.4, -0.2) is 17.9 Å². The van der Waals surface area contributed by atoms with Crippen LogP contribution < -0.4 is 10.2 Å². The minimum atomic E-state index is -5.08. The third kappa shape index (κ3) is 3.46. The summed E-state index contributed by atoms with van der Waals surface area (Å²) in [6.07, 6.45) is -4.37. The van der Waals surface area contributed by atoms with Crippen LogP contribution in [0.5, 0.6) is 0 Å². The van der Waals surface area contributed by atoms with E-state index in [1.807, 2.05) is 13.8 Å². The number of amides is 1. The third-order valence-electron chi connectivity index (χ3n) is 5.17. The van der Waals surface area contributed by atoms with E-state index in [0.717, 1.165) is 4.90 Å². The number of benzene rings is 1. The number of Topliss-reactive ketones (excluding diaryl/α,β-unsaturated/α-hetero) is 1. The fourth-order valence-corrected chi connectivity index (χ4v) is 4.89. The maximum Gasteiger partial charge on any atom is 0.471 e. The van der Waals surface area contributed by atoms with Crippen molar-refractivity contribution in [2.24, 2.45) is 5.41 Å². The Bertz CT molecular complexity index is 1010. The van der Waals surface area contributed by atoms with Crippen molar-refractivity contribution in [2.75, 3.05) is 10.2 Å². The van der Waals surface area contributed by atoms with Gasteiger partial charge in [-0.25, -0.2) is 0 Å². The van der Waals surface area contributed by atoms with Gasteiger partial charge in [0, 0.05) is 22.6 Å². The fraction of sp³-hybridized carbons (Fsp3) is 0.333. The molecule has 0 spiro atoms. The van der Waals surface area contributed by atoms with Crippen molar-refractivity contribution < 1.29 is 22.8 Å². The predicted octanol–water partition coefficient (Wildman–Crippen LogP) is 5.45. The summed E-state index contributed by atoms with van der Waals surface area (Å²) in [4.78, 5) is 27.0. The molecule has 8 heteroatoms. The molecule has 1 atom stereocenters. The molecule has 4 nitrogen and oxygen atoms in total. The molecule has 0 unspecified atom stereocenters. The Morgan fingerprint density at radius 3 is 2.55 bits per heavy atom. The Hall–Kier alpha value is -2.61. The van der Waals surface area contributed by atoms with Crippen molar-refractivity contribution in [3.05, 3.63) is 57.9 Å². The SMILES string of the molecule is CC1(C)CC(=O)C2=C(C1)Nc1ccccc1N(C(=O)C(F)(F)F)[C@@H]2c1cccs1. The Balaban J connectivity index is 2.02. The number of thiophene rings is 1. The van der Waals surface area contributed by atoms with Crippen LogP contribution in [0.25, 0.3) is 0 Å². The highest BCUT2D eigenvalue weighted by molar-refractivity contribution is 7.10. The second-order valence-electron chi connectivity index (χ2n) is 8.07. The van der Waals surface area contributed by atoms with Gasteiger partial charge in [-0.15, -0.1) is 11.3 Å². The highest BCUT2D eigenvalue weighted by Gasteiger charge is 2.50. The van der Waals surface area contributed by atoms with Crippen LogP contribution in [0.1, 0.15) is 37.6 Å². The number of fused-ring (bicyclic) bond motifs is 1. The second kappa shape index (κ2) is 6.73. The van der Waals surface area contributed by atoms with Crippen LogP contribution in [-0.2, 0) is 9.59 Å². The van der Waals surface area contributed by atoms with Gasteiger partial charge in [-0.05, 0) is 35.4 Å². The molecule has 1 aliphatic carbocycles. The number of hydrogen-bond donors (Lipinski definition) is 1. The number of halogens is 3. The van der Waals surface area contributed by atoms with E-state index in [0.29, 0.717) is 22.7 Å². The minimum Gasteiger partial charge on any atom is -0.357 e. The lowest BCUT2D eigenvalue weighted by molar-refractivity contribution is -0.170. The lowest BCUT2D eigenvalue weighted by Crippen LogP contribution is -2.45. The highest BCUT2D eigenvalue weighted by Crippen LogP contribution is 2.49. The zero-order chi connectivity index (χ0) is 21.0. The Kier molecular flexibility index (Phi) is 4.57. The van der Waals surface area contributed by atoms with Crippen molar-refractivity contribution in [2.45, 2.75) is 38.9 Å². The van der Waals surface area contributed by atoms with E-state index in [4.69, 9.17) is 0 Å². The Morgan fingerprint density at radius 1 is 1.17 bits per heavy atom. The van der Waals surface area contributed by atoms with Gasteiger partial charge in [-0.3, -0.25) is 14.5 Å². The molecule has 1 aliphatic heterocycles. The smallest absolute Gasteiger partial charge is 0.357 e. The van der Waals surface area contributed by atoms with Gasteiger partial charge in [0.15, 0.2) is 5.78 Å². The van der Waals surface area contributed by atoms with Crippen molar-refractivity contribution in [1.82, 2.24) is 0 Å². The standard InChI is InChI=1S/C21H19F3N2O2S/c1-20(2)10-13-17(15(27)11-20)18(16-8-5-9-29-16)26(19(28)21(22,23)24)14-7-4-3-6-12(14)25-13/h3-9,18,25H,10-11H2,1-2H3/t18-/m1/s1. The second-order valence-corrected chi connectivity index (χ2v) is 9.05. The van der Waals surface area contributed by atoms with Crippen LogP contribution in [0.3, 0.4) is 0 Å². The number of alkyl halides is 3. The van der Waals surface area contributed by atoms with Gasteiger partial charge in [0.2, 0.25) is 0 Å². The first-order valence-electron chi connectivity index (χ1n) is 9.14. The maximum absolute atomic E-state index is 13.6. The highest BCUT2D eigenvalue weighted by atomic mass is 32.1. The monoisotopic (exact) mass is 420 g/mol. The first kappa shape index (κ1) is 19.7. The van der Waals surface area contributed by atoms with Gasteiger partial charge in [0.05, 0.1) is 11.4 Å². The lowest BCUT2D eigenvalue weighted by atomic mass is 9.74. The van der Waals surface area contributed by atoms with E-state index in [-0.39, 0.29) is 28.9 Å². The molecule has 2 heterocycles. The molecule has 4 rings (SSSR count). The van der Waals surface area contributed by atoms with Gasteiger partial charge in [0.1, 0.15) is 6.04 Å². The topological polar surface area (TPSA) is 49.4 Å². The van der Waals surface area contributed by atoms with Crippen molar-refractivity contribution in [3.8, 4) is 0 Å². The molecule has 2 aliphatic rings. The van der Waals surface area contributed by atoms with Gasteiger partial charge in [-0.2, -0.15) is 13.2 Å². The van der Waals surface area contributed by atoms with E-state index >= 15 is 0 Å². The molecule has 1 amide bonds. The van der Waals surface area contributed by atoms with Gasteiger partial charge < -0.3 is 5.32 Å². The van der Waals surface area contributed by atoms with E-state index < -0.39 is 18.1 Å². The van der Waals surface area contributed by atoms with E-state index in [2.05, 4.69) is 5.32 Å². The summed E-state index contributed by atoms with van der Waals surface area (Å²) in [5, 5.41) is 4.91. The van der Waals surface area contributed by atoms with Crippen LogP contribution in [0.4, 0.5) is 24.5 Å². The quantitative estimate of drug-likeness (QED) is 0.667. The normalized spacial score (nSPS) is 21.2. The molecule has 2 aromatic rings. The van der Waals surface area contributed by atoms with E-state index in [1.54, 1.807) is 35.7 Å². The number of nitrogens with zero attached hydrogens (tertiary/aromatic N) is 1. The van der Waals surface area contributed by atoms with E-state index in [1.165, 1.54) is 17.4 Å². The maximum atomic E-state index is 13.6.